The number of H-pyrrole nitrogens is 1. The fraction of sp³-hybridized carbons (Fsp3) is 0.200. The molecule has 1 aromatic carbocycles. The zero-order valence-electron chi connectivity index (χ0n) is 7.26. The summed E-state index contributed by atoms with van der Waals surface area (Å²) in [7, 11) is 0. The third-order valence-corrected chi connectivity index (χ3v) is 3.05. The van der Waals surface area contributed by atoms with E-state index in [2.05, 4.69) is 27.8 Å². The number of phenols is 1. The number of halogens is 1. The maximum Gasteiger partial charge on any atom is 0.116 e. The second-order valence-corrected chi connectivity index (χ2v) is 3.79. The third kappa shape index (κ3) is 1.33. The molecule has 0 saturated heterocycles. The number of benzene rings is 1. The fourth-order valence-electron chi connectivity index (χ4n) is 1.45. The van der Waals surface area contributed by atoms with Crippen molar-refractivity contribution >= 4 is 26.8 Å². The van der Waals surface area contributed by atoms with Gasteiger partial charge in [-0.25, -0.2) is 0 Å². The second kappa shape index (κ2) is 3.07. The molecule has 0 saturated carbocycles. The number of aromatic amines is 1. The Morgan fingerprint density at radius 1 is 1.46 bits per heavy atom. The molecule has 0 aliphatic carbocycles. The molecule has 1 heterocycles. The lowest BCUT2D eigenvalue weighted by Gasteiger charge is -1.92. The number of aromatic hydroxyl groups is 1. The van der Waals surface area contributed by atoms with E-state index >= 15 is 0 Å². The van der Waals surface area contributed by atoms with Crippen molar-refractivity contribution in [2.75, 3.05) is 0 Å². The molecule has 3 heteroatoms. The molecule has 0 spiro atoms. The van der Waals surface area contributed by atoms with Crippen LogP contribution in [0.4, 0.5) is 0 Å². The first kappa shape index (κ1) is 8.63. The molecule has 68 valence electrons. The van der Waals surface area contributed by atoms with E-state index in [9.17, 15) is 5.11 Å². The topological polar surface area (TPSA) is 36.0 Å². The van der Waals surface area contributed by atoms with Gasteiger partial charge in [-0.2, -0.15) is 0 Å². The average Bonchev–Trinajstić information content (AvgIpc) is 2.44. The highest BCUT2D eigenvalue weighted by Crippen LogP contribution is 2.30. The number of rotatable bonds is 1. The highest BCUT2D eigenvalue weighted by Gasteiger charge is 2.07. The molecule has 0 fully saturated rings. The normalized spacial score (nSPS) is 10.9. The average molecular weight is 240 g/mol. The zero-order chi connectivity index (χ0) is 9.42. The molecule has 2 aromatic rings. The Kier molecular flexibility index (Phi) is 2.04. The van der Waals surface area contributed by atoms with Crippen LogP contribution in [0.5, 0.6) is 5.75 Å². The molecular formula is C10H10BrNO. The van der Waals surface area contributed by atoms with Crippen molar-refractivity contribution in [3.8, 4) is 5.75 Å². The van der Waals surface area contributed by atoms with Crippen molar-refractivity contribution < 1.29 is 5.11 Å². The van der Waals surface area contributed by atoms with Gasteiger partial charge in [0.15, 0.2) is 0 Å². The van der Waals surface area contributed by atoms with Crippen molar-refractivity contribution in [2.24, 2.45) is 0 Å². The summed E-state index contributed by atoms with van der Waals surface area (Å²) in [6.45, 7) is 2.09. The Bertz CT molecular complexity index is 447. The molecule has 0 atom stereocenters. The van der Waals surface area contributed by atoms with E-state index in [0.29, 0.717) is 5.75 Å². The first-order valence-electron chi connectivity index (χ1n) is 4.21. The summed E-state index contributed by atoms with van der Waals surface area (Å²) in [6, 6.07) is 5.33. The van der Waals surface area contributed by atoms with Gasteiger partial charge in [-0.05, 0) is 40.5 Å². The monoisotopic (exact) mass is 239 g/mol. The highest BCUT2D eigenvalue weighted by molar-refractivity contribution is 9.10. The van der Waals surface area contributed by atoms with Crippen molar-refractivity contribution in [3.63, 3.8) is 0 Å². The Balaban J connectivity index is 2.77. The van der Waals surface area contributed by atoms with Crippen LogP contribution in [0.1, 0.15) is 12.6 Å². The van der Waals surface area contributed by atoms with Crippen molar-refractivity contribution in [3.05, 3.63) is 28.4 Å². The van der Waals surface area contributed by atoms with Crippen LogP contribution in [0.25, 0.3) is 10.9 Å². The molecule has 0 bridgehead atoms. The lowest BCUT2D eigenvalue weighted by atomic mass is 10.2. The molecule has 2 nitrogen and oxygen atoms in total. The molecule has 13 heavy (non-hydrogen) atoms. The van der Waals surface area contributed by atoms with Crippen LogP contribution in [0, 0.1) is 0 Å². The van der Waals surface area contributed by atoms with Gasteiger partial charge in [0.2, 0.25) is 0 Å². The summed E-state index contributed by atoms with van der Waals surface area (Å²) in [5.74, 6) is 0.301. The standard InChI is InChI=1S/C10H10BrNO/c1-2-8-10(11)7-5-6(13)3-4-9(7)12-8/h3-5,12-13H,2H2,1H3. The maximum atomic E-state index is 9.30. The molecule has 0 amide bonds. The van der Waals surface area contributed by atoms with Crippen molar-refractivity contribution in [2.45, 2.75) is 13.3 Å². The summed E-state index contributed by atoms with van der Waals surface area (Å²) in [6.07, 6.45) is 0.954. The number of hydrogen-bond donors (Lipinski definition) is 2. The van der Waals surface area contributed by atoms with Crippen LogP contribution in [0.2, 0.25) is 0 Å². The first-order valence-corrected chi connectivity index (χ1v) is 5.00. The number of aryl methyl sites for hydroxylation is 1. The predicted molar refractivity (Wildman–Crippen MR) is 57.0 cm³/mol. The lowest BCUT2D eigenvalue weighted by Crippen LogP contribution is -1.77. The molecule has 0 aliphatic rings. The smallest absolute Gasteiger partial charge is 0.116 e. The van der Waals surface area contributed by atoms with Crippen LogP contribution in [0.15, 0.2) is 22.7 Å². The van der Waals surface area contributed by atoms with E-state index in [1.165, 1.54) is 5.69 Å². The Labute approximate surface area is 84.7 Å². The van der Waals surface area contributed by atoms with Gasteiger partial charge in [0.25, 0.3) is 0 Å². The minimum atomic E-state index is 0.301. The predicted octanol–water partition coefficient (Wildman–Crippen LogP) is 3.20. The molecular weight excluding hydrogens is 230 g/mol. The van der Waals surface area contributed by atoms with E-state index < -0.39 is 0 Å². The molecule has 0 radical (unpaired) electrons. The number of nitrogens with one attached hydrogen (secondary N) is 1. The van der Waals surface area contributed by atoms with Crippen LogP contribution in [0.3, 0.4) is 0 Å². The Hall–Kier alpha value is -0.960. The summed E-state index contributed by atoms with van der Waals surface area (Å²) < 4.78 is 1.06. The lowest BCUT2D eigenvalue weighted by molar-refractivity contribution is 0.476. The number of hydrogen-bond acceptors (Lipinski definition) is 1. The van der Waals surface area contributed by atoms with Crippen LogP contribution in [-0.2, 0) is 6.42 Å². The van der Waals surface area contributed by atoms with Gasteiger partial charge in [0, 0.05) is 21.1 Å². The van der Waals surface area contributed by atoms with Crippen molar-refractivity contribution in [1.82, 2.24) is 4.98 Å². The van der Waals surface area contributed by atoms with E-state index in [0.717, 1.165) is 21.8 Å². The second-order valence-electron chi connectivity index (χ2n) is 3.00. The summed E-state index contributed by atoms with van der Waals surface area (Å²) in [5.41, 5.74) is 2.22. The van der Waals surface area contributed by atoms with Gasteiger partial charge < -0.3 is 10.1 Å². The molecule has 2 N–H and O–H groups in total. The molecule has 0 aliphatic heterocycles. The van der Waals surface area contributed by atoms with Gasteiger partial charge in [0.1, 0.15) is 5.75 Å². The minimum Gasteiger partial charge on any atom is -0.508 e. The third-order valence-electron chi connectivity index (χ3n) is 2.14. The van der Waals surface area contributed by atoms with Crippen molar-refractivity contribution in [1.29, 1.82) is 0 Å². The Morgan fingerprint density at radius 3 is 2.92 bits per heavy atom. The minimum absolute atomic E-state index is 0.301. The first-order chi connectivity index (χ1) is 6.22. The van der Waals surface area contributed by atoms with Gasteiger partial charge >= 0.3 is 0 Å². The fourth-order valence-corrected chi connectivity index (χ4v) is 2.15. The molecule has 0 unspecified atom stereocenters. The SMILES string of the molecule is CCc1[nH]c2ccc(O)cc2c1Br. The Morgan fingerprint density at radius 2 is 2.23 bits per heavy atom. The summed E-state index contributed by atoms with van der Waals surface area (Å²) in [4.78, 5) is 3.28. The molecule has 2 rings (SSSR count). The van der Waals surface area contributed by atoms with Crippen LogP contribution < -0.4 is 0 Å². The van der Waals surface area contributed by atoms with Gasteiger partial charge in [-0.1, -0.05) is 6.92 Å². The molecule has 1 aromatic heterocycles. The number of phenolic OH excluding ortho intramolecular Hbond substituents is 1. The van der Waals surface area contributed by atoms with Gasteiger partial charge in [0.05, 0.1) is 0 Å². The van der Waals surface area contributed by atoms with E-state index in [1.54, 1.807) is 12.1 Å². The van der Waals surface area contributed by atoms with Crippen LogP contribution >= 0.6 is 15.9 Å². The quantitative estimate of drug-likeness (QED) is 0.788. The summed E-state index contributed by atoms with van der Waals surface area (Å²) >= 11 is 3.50. The van der Waals surface area contributed by atoms with E-state index in [1.807, 2.05) is 6.07 Å². The zero-order valence-corrected chi connectivity index (χ0v) is 8.85. The van der Waals surface area contributed by atoms with E-state index in [4.69, 9.17) is 0 Å². The highest BCUT2D eigenvalue weighted by atomic mass is 79.9. The van der Waals surface area contributed by atoms with Gasteiger partial charge in [-0.15, -0.1) is 0 Å². The summed E-state index contributed by atoms with van der Waals surface area (Å²) in [5, 5.41) is 10.3. The van der Waals surface area contributed by atoms with Gasteiger partial charge in [-0.3, -0.25) is 0 Å². The van der Waals surface area contributed by atoms with E-state index in [-0.39, 0.29) is 0 Å². The van der Waals surface area contributed by atoms with Crippen LogP contribution in [-0.4, -0.2) is 10.1 Å². The number of aromatic nitrogens is 1. The number of fused-ring (bicyclic) bond motifs is 1. The maximum absolute atomic E-state index is 9.30. The largest absolute Gasteiger partial charge is 0.508 e.